The number of nitrogens with two attached hydrogens (primary N) is 1. The van der Waals surface area contributed by atoms with Gasteiger partial charge in [-0.25, -0.2) is 4.39 Å². The second-order valence-electron chi connectivity index (χ2n) is 4.35. The van der Waals surface area contributed by atoms with Crippen LogP contribution in [0, 0.1) is 5.82 Å². The van der Waals surface area contributed by atoms with Crippen molar-refractivity contribution in [2.75, 3.05) is 19.6 Å². The Balaban J connectivity index is 0.00000400. The van der Waals surface area contributed by atoms with E-state index in [1.54, 1.807) is 12.1 Å². The lowest BCUT2D eigenvalue weighted by molar-refractivity contribution is -0.120. The highest BCUT2D eigenvalue weighted by atomic mass is 127. The number of aliphatic imine (C=N–C) groups is 1. The summed E-state index contributed by atoms with van der Waals surface area (Å²) in [5.74, 6) is -0.0256. The van der Waals surface area contributed by atoms with Gasteiger partial charge in [0, 0.05) is 19.6 Å². The summed E-state index contributed by atoms with van der Waals surface area (Å²) in [5.41, 5.74) is 6.38. The number of benzene rings is 1. The van der Waals surface area contributed by atoms with Gasteiger partial charge in [0.2, 0.25) is 5.91 Å². The first-order valence-electron chi connectivity index (χ1n) is 6.66. The number of amides is 1. The highest BCUT2D eigenvalue weighted by molar-refractivity contribution is 14.0. The van der Waals surface area contributed by atoms with Crippen molar-refractivity contribution < 1.29 is 9.18 Å². The lowest BCUT2D eigenvalue weighted by Crippen LogP contribution is -2.38. The van der Waals surface area contributed by atoms with Crippen LogP contribution in [0.25, 0.3) is 0 Å². The van der Waals surface area contributed by atoms with Gasteiger partial charge in [0.05, 0.1) is 6.42 Å². The molecule has 1 aromatic carbocycles. The molecule has 5 nitrogen and oxygen atoms in total. The smallest absolute Gasteiger partial charge is 0.224 e. The largest absolute Gasteiger partial charge is 0.370 e. The molecule has 0 spiro atoms. The van der Waals surface area contributed by atoms with Crippen LogP contribution in [0.3, 0.4) is 0 Å². The minimum atomic E-state index is -0.305. The highest BCUT2D eigenvalue weighted by Crippen LogP contribution is 2.03. The monoisotopic (exact) mass is 408 g/mol. The molecule has 0 aliphatic heterocycles. The Bertz CT molecular complexity index is 451. The molecule has 0 bridgehead atoms. The number of carbonyl (C=O) groups excluding carboxylic acids is 1. The van der Waals surface area contributed by atoms with Gasteiger partial charge >= 0.3 is 0 Å². The van der Waals surface area contributed by atoms with Gasteiger partial charge in [-0.15, -0.1) is 24.0 Å². The maximum Gasteiger partial charge on any atom is 0.224 e. The van der Waals surface area contributed by atoms with Crippen LogP contribution in [-0.4, -0.2) is 31.5 Å². The van der Waals surface area contributed by atoms with Gasteiger partial charge in [-0.3, -0.25) is 9.79 Å². The van der Waals surface area contributed by atoms with Crippen molar-refractivity contribution in [3.05, 3.63) is 35.6 Å². The van der Waals surface area contributed by atoms with E-state index in [2.05, 4.69) is 15.6 Å². The Morgan fingerprint density at radius 3 is 2.48 bits per heavy atom. The first-order valence-corrected chi connectivity index (χ1v) is 6.66. The molecule has 1 aromatic rings. The second-order valence-corrected chi connectivity index (χ2v) is 4.35. The Labute approximate surface area is 141 Å². The SMILES string of the molecule is CCCN=C(N)NCCNC(=O)Cc1ccc(F)cc1.I. The van der Waals surface area contributed by atoms with Gasteiger partial charge in [-0.2, -0.15) is 0 Å². The van der Waals surface area contributed by atoms with Gasteiger partial charge in [-0.05, 0) is 24.1 Å². The molecule has 7 heteroatoms. The van der Waals surface area contributed by atoms with Gasteiger partial charge in [0.1, 0.15) is 5.82 Å². The summed E-state index contributed by atoms with van der Waals surface area (Å²) in [6.07, 6.45) is 1.18. The molecule has 118 valence electrons. The van der Waals surface area contributed by atoms with Crippen LogP contribution in [0.2, 0.25) is 0 Å². The quantitative estimate of drug-likeness (QED) is 0.276. The maximum absolute atomic E-state index is 12.7. The number of nitrogens with zero attached hydrogens (tertiary/aromatic N) is 1. The third-order valence-corrected chi connectivity index (χ3v) is 2.54. The van der Waals surface area contributed by atoms with Crippen LogP contribution in [0.4, 0.5) is 4.39 Å². The van der Waals surface area contributed by atoms with Crippen LogP contribution in [-0.2, 0) is 11.2 Å². The first kappa shape index (κ1) is 19.6. The molecule has 0 fully saturated rings. The number of hydrogen-bond donors (Lipinski definition) is 3. The molecule has 0 aliphatic rings. The molecule has 0 atom stereocenters. The van der Waals surface area contributed by atoms with Crippen molar-refractivity contribution in [2.45, 2.75) is 19.8 Å². The van der Waals surface area contributed by atoms with Gasteiger partial charge in [0.15, 0.2) is 5.96 Å². The fourth-order valence-corrected chi connectivity index (χ4v) is 1.53. The van der Waals surface area contributed by atoms with Gasteiger partial charge in [-0.1, -0.05) is 19.1 Å². The minimum absolute atomic E-state index is 0. The molecule has 0 saturated carbocycles. The van der Waals surface area contributed by atoms with Crippen molar-refractivity contribution in [1.29, 1.82) is 0 Å². The molecule has 0 aromatic heterocycles. The Morgan fingerprint density at radius 2 is 1.86 bits per heavy atom. The zero-order valence-electron chi connectivity index (χ0n) is 12.1. The van der Waals surface area contributed by atoms with E-state index in [9.17, 15) is 9.18 Å². The number of nitrogens with one attached hydrogen (secondary N) is 2. The Kier molecular flexibility index (Phi) is 10.6. The zero-order chi connectivity index (χ0) is 14.8. The fraction of sp³-hybridized carbons (Fsp3) is 0.429. The van der Waals surface area contributed by atoms with E-state index in [1.165, 1.54) is 12.1 Å². The third-order valence-electron chi connectivity index (χ3n) is 2.54. The predicted molar refractivity (Wildman–Crippen MR) is 93.3 cm³/mol. The second kappa shape index (κ2) is 11.3. The minimum Gasteiger partial charge on any atom is -0.370 e. The van der Waals surface area contributed by atoms with E-state index < -0.39 is 0 Å². The van der Waals surface area contributed by atoms with Gasteiger partial charge < -0.3 is 16.4 Å². The predicted octanol–water partition coefficient (Wildman–Crippen LogP) is 1.42. The van der Waals surface area contributed by atoms with Crippen LogP contribution in [0.5, 0.6) is 0 Å². The summed E-state index contributed by atoms with van der Waals surface area (Å²) < 4.78 is 12.7. The normalized spacial score (nSPS) is 10.7. The standard InChI is InChI=1S/C14H21FN4O.HI/c1-2-7-18-14(16)19-9-8-17-13(20)10-11-3-5-12(15)6-4-11;/h3-6H,2,7-10H2,1H3,(H,17,20)(H3,16,18,19);1H. The molecule has 4 N–H and O–H groups in total. The summed E-state index contributed by atoms with van der Waals surface area (Å²) in [7, 11) is 0. The fourth-order valence-electron chi connectivity index (χ4n) is 1.53. The zero-order valence-corrected chi connectivity index (χ0v) is 14.4. The van der Waals surface area contributed by atoms with Crippen LogP contribution >= 0.6 is 24.0 Å². The molecule has 0 saturated heterocycles. The topological polar surface area (TPSA) is 79.5 Å². The van der Waals surface area contributed by atoms with E-state index in [-0.39, 0.29) is 42.1 Å². The van der Waals surface area contributed by atoms with Crippen molar-refractivity contribution in [2.24, 2.45) is 10.7 Å². The molecule has 21 heavy (non-hydrogen) atoms. The number of rotatable bonds is 7. The molecular weight excluding hydrogens is 386 g/mol. The molecular formula is C14H22FIN4O. The number of hydrogen-bond acceptors (Lipinski definition) is 2. The maximum atomic E-state index is 12.7. The highest BCUT2D eigenvalue weighted by Gasteiger charge is 2.02. The summed E-state index contributed by atoms with van der Waals surface area (Å²) in [4.78, 5) is 15.7. The Morgan fingerprint density at radius 1 is 1.24 bits per heavy atom. The van der Waals surface area contributed by atoms with Crippen LogP contribution in [0.15, 0.2) is 29.3 Å². The van der Waals surface area contributed by atoms with E-state index in [1.807, 2.05) is 6.92 Å². The lowest BCUT2D eigenvalue weighted by Gasteiger charge is -2.07. The van der Waals surface area contributed by atoms with Crippen molar-refractivity contribution in [3.8, 4) is 0 Å². The van der Waals surface area contributed by atoms with E-state index in [4.69, 9.17) is 5.73 Å². The third kappa shape index (κ3) is 9.22. The summed E-state index contributed by atoms with van der Waals surface area (Å²) >= 11 is 0. The number of halogens is 2. The Hall–Kier alpha value is -1.38. The molecule has 0 heterocycles. The number of carbonyl (C=O) groups is 1. The summed E-state index contributed by atoms with van der Waals surface area (Å²) in [6, 6.07) is 5.88. The van der Waals surface area contributed by atoms with Gasteiger partial charge in [0.25, 0.3) is 0 Å². The van der Waals surface area contributed by atoms with E-state index in [0.717, 1.165) is 12.0 Å². The average Bonchev–Trinajstić information content (AvgIpc) is 2.44. The summed E-state index contributed by atoms with van der Waals surface area (Å²) in [5, 5.41) is 5.66. The molecule has 1 amide bonds. The van der Waals surface area contributed by atoms with E-state index >= 15 is 0 Å². The summed E-state index contributed by atoms with van der Waals surface area (Å²) in [6.45, 7) is 3.69. The molecule has 0 aliphatic carbocycles. The molecule has 0 radical (unpaired) electrons. The van der Waals surface area contributed by atoms with Crippen LogP contribution < -0.4 is 16.4 Å². The first-order chi connectivity index (χ1) is 9.61. The molecule has 1 rings (SSSR count). The van der Waals surface area contributed by atoms with Crippen molar-refractivity contribution in [1.82, 2.24) is 10.6 Å². The lowest BCUT2D eigenvalue weighted by atomic mass is 10.1. The van der Waals surface area contributed by atoms with E-state index in [0.29, 0.717) is 25.6 Å². The van der Waals surface area contributed by atoms with Crippen LogP contribution in [0.1, 0.15) is 18.9 Å². The number of guanidine groups is 1. The van der Waals surface area contributed by atoms with Crippen molar-refractivity contribution in [3.63, 3.8) is 0 Å². The average molecular weight is 408 g/mol. The van der Waals surface area contributed by atoms with Crippen molar-refractivity contribution >= 4 is 35.8 Å². The molecule has 0 unspecified atom stereocenters.